The minimum absolute atomic E-state index is 0.0232. The first-order chi connectivity index (χ1) is 8.08. The number of hydrogen-bond donors (Lipinski definition) is 1. The van der Waals surface area contributed by atoms with Crippen LogP contribution in [0.4, 0.5) is 5.95 Å². The predicted molar refractivity (Wildman–Crippen MR) is 59.9 cm³/mol. The van der Waals surface area contributed by atoms with Crippen molar-refractivity contribution < 1.29 is 8.42 Å². The van der Waals surface area contributed by atoms with Crippen LogP contribution in [0.1, 0.15) is 0 Å². The van der Waals surface area contributed by atoms with Crippen LogP contribution in [0.5, 0.6) is 0 Å². The number of halogens is 1. The molecule has 0 unspecified atom stereocenters. The fourth-order valence-corrected chi connectivity index (χ4v) is 2.22. The van der Waals surface area contributed by atoms with Crippen LogP contribution < -0.4 is 4.72 Å². The van der Waals surface area contributed by atoms with Gasteiger partial charge in [0.15, 0.2) is 0 Å². The summed E-state index contributed by atoms with van der Waals surface area (Å²) < 4.78 is 25.9. The first kappa shape index (κ1) is 11.7. The molecule has 0 radical (unpaired) electrons. The molecule has 0 amide bonds. The van der Waals surface area contributed by atoms with E-state index in [1.165, 1.54) is 30.7 Å². The largest absolute Gasteiger partial charge is 0.264 e. The smallest absolute Gasteiger partial charge is 0.246 e. The molecule has 0 saturated carbocycles. The maximum Gasteiger partial charge on any atom is 0.264 e. The van der Waals surface area contributed by atoms with Crippen molar-refractivity contribution in [2.75, 3.05) is 4.72 Å². The summed E-state index contributed by atoms with van der Waals surface area (Å²) in [7, 11) is -3.78. The van der Waals surface area contributed by atoms with Crippen molar-refractivity contribution in [2.24, 2.45) is 0 Å². The van der Waals surface area contributed by atoms with Crippen LogP contribution in [0.25, 0.3) is 0 Å². The number of aromatic nitrogens is 4. The molecule has 0 aliphatic rings. The number of hydrogen-bond acceptors (Lipinski definition) is 6. The van der Waals surface area contributed by atoms with E-state index in [1.54, 1.807) is 0 Å². The van der Waals surface area contributed by atoms with Crippen molar-refractivity contribution in [1.82, 2.24) is 20.2 Å². The van der Waals surface area contributed by atoms with Gasteiger partial charge >= 0.3 is 0 Å². The van der Waals surface area contributed by atoms with E-state index in [-0.39, 0.29) is 16.0 Å². The zero-order chi connectivity index (χ0) is 12.3. The van der Waals surface area contributed by atoms with Gasteiger partial charge in [-0.05, 0) is 12.1 Å². The minimum atomic E-state index is -3.78. The second kappa shape index (κ2) is 4.60. The molecule has 0 aliphatic carbocycles. The van der Waals surface area contributed by atoms with Crippen LogP contribution in [0.2, 0.25) is 5.15 Å². The van der Waals surface area contributed by atoms with Crippen LogP contribution in [-0.2, 0) is 10.0 Å². The van der Waals surface area contributed by atoms with Gasteiger partial charge in [-0.3, -0.25) is 0 Å². The highest BCUT2D eigenvalue weighted by Crippen LogP contribution is 2.14. The Bertz CT molecular complexity index is 619. The van der Waals surface area contributed by atoms with Gasteiger partial charge in [0.2, 0.25) is 0 Å². The molecule has 2 heterocycles. The van der Waals surface area contributed by atoms with Crippen LogP contribution >= 0.6 is 11.6 Å². The molecular weight excluding hydrogens is 266 g/mol. The van der Waals surface area contributed by atoms with Gasteiger partial charge in [0.1, 0.15) is 5.15 Å². The molecular formula is C8H6ClN5O2S. The summed E-state index contributed by atoms with van der Waals surface area (Å²) in [6.45, 7) is 0. The molecule has 0 aromatic carbocycles. The van der Waals surface area contributed by atoms with Crippen LogP contribution in [0.3, 0.4) is 0 Å². The zero-order valence-electron chi connectivity index (χ0n) is 8.28. The number of nitrogens with one attached hydrogen (secondary N) is 1. The fourth-order valence-electron chi connectivity index (χ4n) is 1.03. The second-order valence-corrected chi connectivity index (χ2v) is 4.96. The number of sulfonamides is 1. The monoisotopic (exact) mass is 271 g/mol. The van der Waals surface area contributed by atoms with E-state index in [9.17, 15) is 8.42 Å². The molecule has 0 bridgehead atoms. The summed E-state index contributed by atoms with van der Waals surface area (Å²) in [6, 6.07) is 2.53. The third-order valence-corrected chi connectivity index (χ3v) is 3.25. The topological polar surface area (TPSA) is 97.7 Å². The molecule has 17 heavy (non-hydrogen) atoms. The fraction of sp³-hybridized carbons (Fsp3) is 0. The lowest BCUT2D eigenvalue weighted by Crippen LogP contribution is -2.15. The average molecular weight is 272 g/mol. The maximum atomic E-state index is 11.8. The molecule has 9 heteroatoms. The van der Waals surface area contributed by atoms with E-state index < -0.39 is 10.0 Å². The van der Waals surface area contributed by atoms with Crippen molar-refractivity contribution in [3.63, 3.8) is 0 Å². The second-order valence-electron chi connectivity index (χ2n) is 2.89. The predicted octanol–water partition coefficient (Wildman–Crippen LogP) is 0.721. The van der Waals surface area contributed by atoms with Crippen molar-refractivity contribution >= 4 is 27.6 Å². The first-order valence-corrected chi connectivity index (χ1v) is 6.22. The van der Waals surface area contributed by atoms with Gasteiger partial charge in [0.25, 0.3) is 16.0 Å². The average Bonchev–Trinajstić information content (AvgIpc) is 2.30. The molecule has 0 atom stereocenters. The minimum Gasteiger partial charge on any atom is -0.246 e. The number of pyridine rings is 1. The maximum absolute atomic E-state index is 11.8. The number of anilines is 1. The Hall–Kier alpha value is -1.80. The van der Waals surface area contributed by atoms with Crippen LogP contribution in [-0.4, -0.2) is 28.6 Å². The zero-order valence-corrected chi connectivity index (χ0v) is 9.85. The molecule has 2 rings (SSSR count). The van der Waals surface area contributed by atoms with Crippen molar-refractivity contribution in [1.29, 1.82) is 0 Å². The first-order valence-electron chi connectivity index (χ1n) is 4.36. The lowest BCUT2D eigenvalue weighted by atomic mass is 10.5. The normalized spacial score (nSPS) is 11.1. The standard InChI is InChI=1S/C8H6ClN5O2S/c9-7-5-6(1-2-10-7)17(15,16)14-8-11-3-4-12-13-8/h1-5H,(H,11,13,14). The summed E-state index contributed by atoms with van der Waals surface area (Å²) in [5.74, 6) is -0.111. The molecule has 0 fully saturated rings. The Balaban J connectivity index is 2.32. The highest BCUT2D eigenvalue weighted by molar-refractivity contribution is 7.92. The van der Waals surface area contributed by atoms with Crippen molar-refractivity contribution in [3.8, 4) is 0 Å². The van der Waals surface area contributed by atoms with Gasteiger partial charge in [0, 0.05) is 6.20 Å². The summed E-state index contributed by atoms with van der Waals surface area (Å²) in [5.41, 5.74) is 0. The van der Waals surface area contributed by atoms with E-state index >= 15 is 0 Å². The van der Waals surface area contributed by atoms with Crippen molar-refractivity contribution in [2.45, 2.75) is 4.90 Å². The SMILES string of the molecule is O=S(=O)(Nc1nccnn1)c1ccnc(Cl)c1. The quantitative estimate of drug-likeness (QED) is 0.826. The molecule has 2 aromatic rings. The summed E-state index contributed by atoms with van der Waals surface area (Å²) in [6.07, 6.45) is 3.95. The number of nitrogens with zero attached hydrogens (tertiary/aromatic N) is 4. The van der Waals surface area contributed by atoms with E-state index in [1.807, 2.05) is 0 Å². The van der Waals surface area contributed by atoms with E-state index in [4.69, 9.17) is 11.6 Å². The Morgan fingerprint density at radius 2 is 2.00 bits per heavy atom. The van der Waals surface area contributed by atoms with E-state index in [0.717, 1.165) is 0 Å². The summed E-state index contributed by atoms with van der Waals surface area (Å²) in [4.78, 5) is 7.37. The lowest BCUT2D eigenvalue weighted by molar-refractivity contribution is 0.600. The Morgan fingerprint density at radius 1 is 1.18 bits per heavy atom. The molecule has 88 valence electrons. The van der Waals surface area contributed by atoms with Gasteiger partial charge < -0.3 is 0 Å². The molecule has 0 spiro atoms. The Kier molecular flexibility index (Phi) is 3.16. The molecule has 2 aromatic heterocycles. The number of rotatable bonds is 3. The summed E-state index contributed by atoms with van der Waals surface area (Å²) >= 11 is 5.61. The van der Waals surface area contributed by atoms with Gasteiger partial charge in [-0.15, -0.1) is 5.10 Å². The molecule has 7 nitrogen and oxygen atoms in total. The highest BCUT2D eigenvalue weighted by Gasteiger charge is 2.16. The Morgan fingerprint density at radius 3 is 2.65 bits per heavy atom. The molecule has 1 N–H and O–H groups in total. The highest BCUT2D eigenvalue weighted by atomic mass is 35.5. The summed E-state index contributed by atoms with van der Waals surface area (Å²) in [5, 5.41) is 7.10. The van der Waals surface area contributed by atoms with Gasteiger partial charge in [-0.2, -0.15) is 5.10 Å². The lowest BCUT2D eigenvalue weighted by Gasteiger charge is -2.05. The Labute approximate surface area is 102 Å². The van der Waals surface area contributed by atoms with Gasteiger partial charge in [0.05, 0.1) is 17.3 Å². The van der Waals surface area contributed by atoms with E-state index in [2.05, 4.69) is 24.9 Å². The van der Waals surface area contributed by atoms with E-state index in [0.29, 0.717) is 0 Å². The molecule has 0 aliphatic heterocycles. The third-order valence-electron chi connectivity index (χ3n) is 1.72. The van der Waals surface area contributed by atoms with Crippen LogP contribution in [0.15, 0.2) is 35.6 Å². The van der Waals surface area contributed by atoms with Crippen LogP contribution in [0, 0.1) is 0 Å². The van der Waals surface area contributed by atoms with Gasteiger partial charge in [-0.1, -0.05) is 11.6 Å². The molecule has 0 saturated heterocycles. The third kappa shape index (κ3) is 2.86. The van der Waals surface area contributed by atoms with Gasteiger partial charge in [-0.25, -0.2) is 23.1 Å². The van der Waals surface area contributed by atoms with Crippen molar-refractivity contribution in [3.05, 3.63) is 35.9 Å².